The Morgan fingerprint density at radius 2 is 2.00 bits per heavy atom. The van der Waals surface area contributed by atoms with E-state index in [0.29, 0.717) is 18.4 Å². The third-order valence-electron chi connectivity index (χ3n) is 5.00. The molecule has 0 aliphatic carbocycles. The first-order chi connectivity index (χ1) is 15.1. The van der Waals surface area contributed by atoms with Gasteiger partial charge in [-0.3, -0.25) is 4.99 Å². The van der Waals surface area contributed by atoms with Gasteiger partial charge in [-0.05, 0) is 49.7 Å². The summed E-state index contributed by atoms with van der Waals surface area (Å²) in [6.45, 7) is 4.66. The number of hydrogen-bond donors (Lipinski definition) is 2. The largest absolute Gasteiger partial charge is 0.444 e. The molecule has 7 heteroatoms. The molecule has 0 radical (unpaired) electrons. The molecule has 4 rings (SSSR count). The summed E-state index contributed by atoms with van der Waals surface area (Å²) >= 11 is 0. The average molecular weight is 415 g/mol. The highest BCUT2D eigenvalue weighted by atomic mass is 16.3. The number of nitrogens with one attached hydrogen (secondary N) is 2. The highest BCUT2D eigenvalue weighted by Crippen LogP contribution is 2.19. The van der Waals surface area contributed by atoms with Crippen LogP contribution in [0.25, 0.3) is 17.1 Å². The molecule has 0 spiro atoms. The second kappa shape index (κ2) is 9.30. The number of oxazole rings is 1. The average Bonchev–Trinajstić information content (AvgIpc) is 3.49. The number of benzene rings is 2. The van der Waals surface area contributed by atoms with Crippen LogP contribution in [-0.2, 0) is 6.54 Å². The standard InChI is InChI=1S/C24H26N6O/c1-17-8-10-19(11-9-17)23-29-21(16-31-23)15-26-24(25-3)28-18(2)20-6-4-7-22(14-20)30-13-5-12-27-30/h4-14,16,18H,15H2,1-3H3,(H2,25,26,28). The van der Waals surface area contributed by atoms with Gasteiger partial charge in [0.25, 0.3) is 0 Å². The zero-order chi connectivity index (χ0) is 21.6. The molecule has 4 aromatic rings. The molecular formula is C24H26N6O. The van der Waals surface area contributed by atoms with Gasteiger partial charge in [0.05, 0.1) is 24.0 Å². The van der Waals surface area contributed by atoms with Crippen LogP contribution in [0.4, 0.5) is 0 Å². The molecule has 7 nitrogen and oxygen atoms in total. The summed E-state index contributed by atoms with van der Waals surface area (Å²) in [7, 11) is 1.75. The van der Waals surface area contributed by atoms with Gasteiger partial charge in [0.2, 0.25) is 5.89 Å². The maximum atomic E-state index is 5.64. The Kier molecular flexibility index (Phi) is 6.12. The SMILES string of the molecule is CN=C(NCc1coc(-c2ccc(C)cc2)n1)NC(C)c1cccc(-n2cccn2)c1. The molecular weight excluding hydrogens is 388 g/mol. The number of aryl methyl sites for hydroxylation is 1. The Morgan fingerprint density at radius 1 is 1.16 bits per heavy atom. The molecule has 2 N–H and O–H groups in total. The van der Waals surface area contributed by atoms with Crippen molar-refractivity contribution in [3.63, 3.8) is 0 Å². The summed E-state index contributed by atoms with van der Waals surface area (Å²) in [5.74, 6) is 1.31. The van der Waals surface area contributed by atoms with Crippen LogP contribution in [0.1, 0.15) is 29.8 Å². The number of nitrogens with zero attached hydrogens (tertiary/aromatic N) is 4. The van der Waals surface area contributed by atoms with Crippen LogP contribution in [0, 0.1) is 6.92 Å². The minimum absolute atomic E-state index is 0.0575. The molecule has 158 valence electrons. The van der Waals surface area contributed by atoms with E-state index in [1.54, 1.807) is 19.5 Å². The molecule has 2 aromatic heterocycles. The Morgan fingerprint density at radius 3 is 2.74 bits per heavy atom. The number of aromatic nitrogens is 3. The summed E-state index contributed by atoms with van der Waals surface area (Å²) in [6.07, 6.45) is 5.38. The fraction of sp³-hybridized carbons (Fsp3) is 0.208. The second-order valence-corrected chi connectivity index (χ2v) is 7.35. The summed E-state index contributed by atoms with van der Waals surface area (Å²) in [5.41, 5.74) is 5.14. The number of rotatable bonds is 6. The van der Waals surface area contributed by atoms with Gasteiger partial charge in [0.1, 0.15) is 6.26 Å². The predicted octanol–water partition coefficient (Wildman–Crippen LogP) is 4.26. The molecule has 0 aliphatic rings. The minimum Gasteiger partial charge on any atom is -0.444 e. The van der Waals surface area contributed by atoms with Crippen molar-refractivity contribution in [2.24, 2.45) is 4.99 Å². The number of aliphatic imine (C=N–C) groups is 1. The van der Waals surface area contributed by atoms with Gasteiger partial charge in [-0.2, -0.15) is 5.10 Å². The molecule has 0 saturated heterocycles. The molecule has 0 fully saturated rings. The molecule has 0 saturated carbocycles. The van der Waals surface area contributed by atoms with Gasteiger partial charge in [-0.1, -0.05) is 29.8 Å². The molecule has 0 bridgehead atoms. The summed E-state index contributed by atoms with van der Waals surface area (Å²) < 4.78 is 7.48. The zero-order valence-electron chi connectivity index (χ0n) is 17.9. The monoisotopic (exact) mass is 414 g/mol. The topological polar surface area (TPSA) is 80.3 Å². The lowest BCUT2D eigenvalue weighted by Crippen LogP contribution is -2.38. The minimum atomic E-state index is 0.0575. The first kappa shape index (κ1) is 20.4. The quantitative estimate of drug-likeness (QED) is 0.364. The predicted molar refractivity (Wildman–Crippen MR) is 122 cm³/mol. The van der Waals surface area contributed by atoms with Crippen LogP contribution < -0.4 is 10.6 Å². The highest BCUT2D eigenvalue weighted by Gasteiger charge is 2.11. The Bertz CT molecular complexity index is 1150. The fourth-order valence-corrected chi connectivity index (χ4v) is 3.23. The van der Waals surface area contributed by atoms with E-state index in [1.807, 2.05) is 53.3 Å². The van der Waals surface area contributed by atoms with E-state index in [9.17, 15) is 0 Å². The van der Waals surface area contributed by atoms with Gasteiger partial charge in [0.15, 0.2) is 5.96 Å². The van der Waals surface area contributed by atoms with Crippen LogP contribution in [0.2, 0.25) is 0 Å². The highest BCUT2D eigenvalue weighted by molar-refractivity contribution is 5.80. The molecule has 2 aromatic carbocycles. The Hall–Kier alpha value is -3.87. The summed E-state index contributed by atoms with van der Waals surface area (Å²) in [6, 6.07) is 18.4. The van der Waals surface area contributed by atoms with Gasteiger partial charge in [-0.15, -0.1) is 0 Å². The number of guanidine groups is 1. The summed E-state index contributed by atoms with van der Waals surface area (Å²) in [5, 5.41) is 11.0. The van der Waals surface area contributed by atoms with E-state index >= 15 is 0 Å². The first-order valence-electron chi connectivity index (χ1n) is 10.2. The van der Waals surface area contributed by atoms with Crippen molar-refractivity contribution in [2.45, 2.75) is 26.4 Å². The molecule has 1 unspecified atom stereocenters. The van der Waals surface area contributed by atoms with E-state index in [0.717, 1.165) is 22.5 Å². The molecule has 0 aliphatic heterocycles. The van der Waals surface area contributed by atoms with Crippen molar-refractivity contribution < 1.29 is 4.42 Å². The van der Waals surface area contributed by atoms with Crippen molar-refractivity contribution in [1.29, 1.82) is 0 Å². The van der Waals surface area contributed by atoms with Crippen LogP contribution >= 0.6 is 0 Å². The lowest BCUT2D eigenvalue weighted by molar-refractivity contribution is 0.572. The van der Waals surface area contributed by atoms with E-state index in [1.165, 1.54) is 5.56 Å². The third-order valence-corrected chi connectivity index (χ3v) is 5.00. The van der Waals surface area contributed by atoms with Crippen LogP contribution in [0.5, 0.6) is 0 Å². The van der Waals surface area contributed by atoms with Crippen molar-refractivity contribution >= 4 is 5.96 Å². The maximum absolute atomic E-state index is 5.64. The van der Waals surface area contributed by atoms with Gasteiger partial charge < -0.3 is 15.1 Å². The van der Waals surface area contributed by atoms with Crippen molar-refractivity contribution in [3.8, 4) is 17.1 Å². The molecule has 2 heterocycles. The van der Waals surface area contributed by atoms with Crippen molar-refractivity contribution in [3.05, 3.63) is 90.1 Å². The van der Waals surface area contributed by atoms with Gasteiger partial charge >= 0.3 is 0 Å². The Balaban J connectivity index is 1.37. The van der Waals surface area contributed by atoms with Crippen LogP contribution in [-0.4, -0.2) is 27.8 Å². The fourth-order valence-electron chi connectivity index (χ4n) is 3.23. The normalized spacial score (nSPS) is 12.5. The van der Waals surface area contributed by atoms with Crippen molar-refractivity contribution in [2.75, 3.05) is 7.05 Å². The zero-order valence-corrected chi connectivity index (χ0v) is 17.9. The summed E-state index contributed by atoms with van der Waals surface area (Å²) in [4.78, 5) is 8.91. The first-order valence-corrected chi connectivity index (χ1v) is 10.2. The molecule has 31 heavy (non-hydrogen) atoms. The molecule has 0 amide bonds. The Labute approximate surface area is 181 Å². The van der Waals surface area contributed by atoms with Gasteiger partial charge in [0, 0.05) is 25.0 Å². The third kappa shape index (κ3) is 5.01. The smallest absolute Gasteiger partial charge is 0.226 e. The lowest BCUT2D eigenvalue weighted by Gasteiger charge is -2.18. The van der Waals surface area contributed by atoms with E-state index in [4.69, 9.17) is 4.42 Å². The van der Waals surface area contributed by atoms with E-state index in [2.05, 4.69) is 51.7 Å². The number of hydrogen-bond acceptors (Lipinski definition) is 4. The van der Waals surface area contributed by atoms with Crippen molar-refractivity contribution in [1.82, 2.24) is 25.4 Å². The second-order valence-electron chi connectivity index (χ2n) is 7.35. The van der Waals surface area contributed by atoms with Crippen LogP contribution in [0.15, 0.2) is 82.7 Å². The van der Waals surface area contributed by atoms with Crippen LogP contribution in [0.3, 0.4) is 0 Å². The van der Waals surface area contributed by atoms with E-state index in [-0.39, 0.29) is 6.04 Å². The molecule has 1 atom stereocenters. The van der Waals surface area contributed by atoms with E-state index < -0.39 is 0 Å². The van der Waals surface area contributed by atoms with Gasteiger partial charge in [-0.25, -0.2) is 9.67 Å². The lowest BCUT2D eigenvalue weighted by atomic mass is 10.1. The maximum Gasteiger partial charge on any atom is 0.226 e.